The predicted octanol–water partition coefficient (Wildman–Crippen LogP) is 2.93. The number of alkyl halides is 5. The van der Waals surface area contributed by atoms with Gasteiger partial charge >= 0.3 is 6.18 Å². The second-order valence-corrected chi connectivity index (χ2v) is 8.34. The van der Waals surface area contributed by atoms with Crippen molar-refractivity contribution in [2.45, 2.75) is 32.5 Å². The number of hydrogen-bond donors (Lipinski definition) is 0. The van der Waals surface area contributed by atoms with Gasteiger partial charge in [-0.15, -0.1) is 0 Å². The number of anilines is 2. The first-order chi connectivity index (χ1) is 15.1. The van der Waals surface area contributed by atoms with Crippen LogP contribution in [0.5, 0.6) is 0 Å². The molecule has 8 nitrogen and oxygen atoms in total. The summed E-state index contributed by atoms with van der Waals surface area (Å²) in [4.78, 5) is 20.3. The lowest BCUT2D eigenvalue weighted by Gasteiger charge is -2.48. The van der Waals surface area contributed by atoms with E-state index in [4.69, 9.17) is 0 Å². The van der Waals surface area contributed by atoms with Crippen LogP contribution < -0.4 is 9.80 Å². The van der Waals surface area contributed by atoms with Gasteiger partial charge in [0.25, 0.3) is 6.43 Å². The molecular weight excluding hydrogens is 435 g/mol. The smallest absolute Gasteiger partial charge is 0.356 e. The molecule has 1 spiro atoms. The number of aryl methyl sites for hydroxylation is 1. The normalized spacial score (nSPS) is 18.2. The molecule has 0 aliphatic carbocycles. The Morgan fingerprint density at radius 2 is 1.78 bits per heavy atom. The minimum absolute atomic E-state index is 0.0787. The van der Waals surface area contributed by atoms with Gasteiger partial charge in [0.1, 0.15) is 35.2 Å². The van der Waals surface area contributed by atoms with Crippen molar-refractivity contribution in [3.63, 3.8) is 0 Å². The zero-order valence-electron chi connectivity index (χ0n) is 17.0. The molecular formula is C19H19F5N8. The van der Waals surface area contributed by atoms with Crippen LogP contribution in [0, 0.1) is 12.3 Å². The van der Waals surface area contributed by atoms with Crippen molar-refractivity contribution < 1.29 is 22.0 Å². The minimum atomic E-state index is -4.53. The van der Waals surface area contributed by atoms with E-state index in [-0.39, 0.29) is 17.1 Å². The van der Waals surface area contributed by atoms with Gasteiger partial charge in [-0.25, -0.2) is 33.4 Å². The highest BCUT2D eigenvalue weighted by Gasteiger charge is 2.49. The fourth-order valence-corrected chi connectivity index (χ4v) is 4.43. The van der Waals surface area contributed by atoms with Gasteiger partial charge in [-0.3, -0.25) is 0 Å². The molecule has 5 rings (SSSR count). The van der Waals surface area contributed by atoms with Gasteiger partial charge in [0.05, 0.1) is 12.4 Å². The Bertz CT molecular complexity index is 1150. The van der Waals surface area contributed by atoms with Gasteiger partial charge in [-0.1, -0.05) is 0 Å². The number of halogens is 5. The zero-order chi connectivity index (χ0) is 22.7. The largest absolute Gasteiger partial charge is 0.433 e. The summed E-state index contributed by atoms with van der Waals surface area (Å²) in [7, 11) is 0. The van der Waals surface area contributed by atoms with Crippen molar-refractivity contribution in [1.82, 2.24) is 29.7 Å². The van der Waals surface area contributed by atoms with Gasteiger partial charge in [0, 0.05) is 37.7 Å². The van der Waals surface area contributed by atoms with Crippen LogP contribution in [0.4, 0.5) is 33.6 Å². The lowest BCUT2D eigenvalue weighted by Crippen LogP contribution is -2.58. The SMILES string of the molecule is Cc1nc(N2CCC3(C2)CN(c2cnc4cnn(CC(F)F)c4n2)C3)cc(C(F)(F)F)n1. The van der Waals surface area contributed by atoms with E-state index in [1.807, 2.05) is 9.80 Å². The Morgan fingerprint density at radius 3 is 2.50 bits per heavy atom. The molecule has 13 heteroatoms. The number of rotatable bonds is 4. The molecule has 0 aromatic carbocycles. The molecule has 32 heavy (non-hydrogen) atoms. The Labute approximate surface area is 179 Å². The van der Waals surface area contributed by atoms with Crippen LogP contribution in [0.25, 0.3) is 11.2 Å². The predicted molar refractivity (Wildman–Crippen MR) is 105 cm³/mol. The molecule has 3 aromatic rings. The molecule has 5 heterocycles. The van der Waals surface area contributed by atoms with Crippen LogP contribution in [0.3, 0.4) is 0 Å². The molecule has 0 radical (unpaired) electrons. The summed E-state index contributed by atoms with van der Waals surface area (Å²) in [6.07, 6.45) is -3.29. The van der Waals surface area contributed by atoms with E-state index in [0.717, 1.165) is 17.2 Å². The van der Waals surface area contributed by atoms with Gasteiger partial charge in [0.2, 0.25) is 0 Å². The van der Waals surface area contributed by atoms with Crippen LogP contribution in [0.2, 0.25) is 0 Å². The van der Waals surface area contributed by atoms with Gasteiger partial charge in [-0.2, -0.15) is 18.3 Å². The molecule has 3 aromatic heterocycles. The van der Waals surface area contributed by atoms with E-state index in [1.165, 1.54) is 13.1 Å². The maximum Gasteiger partial charge on any atom is 0.433 e. The van der Waals surface area contributed by atoms with Gasteiger partial charge in [-0.05, 0) is 13.3 Å². The van der Waals surface area contributed by atoms with Crippen LogP contribution in [0.15, 0.2) is 18.5 Å². The monoisotopic (exact) mass is 454 g/mol. The molecule has 0 saturated carbocycles. The zero-order valence-corrected chi connectivity index (χ0v) is 17.0. The van der Waals surface area contributed by atoms with Crippen molar-refractivity contribution in [3.05, 3.63) is 30.0 Å². The highest BCUT2D eigenvalue weighted by atomic mass is 19.4. The summed E-state index contributed by atoms with van der Waals surface area (Å²) in [5.41, 5.74) is -0.304. The fourth-order valence-electron chi connectivity index (χ4n) is 4.43. The number of nitrogens with zero attached hydrogens (tertiary/aromatic N) is 8. The lowest BCUT2D eigenvalue weighted by molar-refractivity contribution is -0.141. The van der Waals surface area contributed by atoms with Gasteiger partial charge in [0.15, 0.2) is 5.65 Å². The van der Waals surface area contributed by atoms with Crippen molar-refractivity contribution >= 4 is 22.8 Å². The number of hydrogen-bond acceptors (Lipinski definition) is 7. The number of aromatic nitrogens is 6. The Balaban J connectivity index is 1.30. The van der Waals surface area contributed by atoms with E-state index in [0.29, 0.717) is 43.2 Å². The Morgan fingerprint density at radius 1 is 1.03 bits per heavy atom. The van der Waals surface area contributed by atoms with Crippen molar-refractivity contribution in [3.8, 4) is 0 Å². The van der Waals surface area contributed by atoms with E-state index in [9.17, 15) is 22.0 Å². The molecule has 170 valence electrons. The van der Waals surface area contributed by atoms with E-state index >= 15 is 0 Å². The summed E-state index contributed by atoms with van der Waals surface area (Å²) < 4.78 is 66.0. The minimum Gasteiger partial charge on any atom is -0.356 e. The van der Waals surface area contributed by atoms with Crippen LogP contribution >= 0.6 is 0 Å². The molecule has 2 aliphatic heterocycles. The standard InChI is InChI=1S/C19H19F5N8/c1-11-27-13(19(22,23)24)4-15(28-11)30-3-2-18(8-30)9-31(10-18)16-6-25-12-5-26-32(7-14(20)21)17(12)29-16/h4-6,14H,2-3,7-10H2,1H3. The highest BCUT2D eigenvalue weighted by molar-refractivity contribution is 5.71. The van der Waals surface area contributed by atoms with Gasteiger partial charge < -0.3 is 9.80 Å². The van der Waals surface area contributed by atoms with Crippen molar-refractivity contribution in [2.24, 2.45) is 5.41 Å². The quantitative estimate of drug-likeness (QED) is 0.561. The van der Waals surface area contributed by atoms with E-state index in [2.05, 4.69) is 25.0 Å². The fraction of sp³-hybridized carbons (Fsp3) is 0.526. The second-order valence-electron chi connectivity index (χ2n) is 8.34. The maximum atomic E-state index is 13.1. The van der Waals surface area contributed by atoms with Crippen molar-refractivity contribution in [1.29, 1.82) is 0 Å². The van der Waals surface area contributed by atoms with E-state index in [1.54, 1.807) is 6.20 Å². The van der Waals surface area contributed by atoms with Crippen LogP contribution in [0.1, 0.15) is 17.9 Å². The molecule has 2 aliphatic rings. The third-order valence-corrected chi connectivity index (χ3v) is 5.90. The molecule has 2 fully saturated rings. The molecule has 0 amide bonds. The topological polar surface area (TPSA) is 75.9 Å². The number of fused-ring (bicyclic) bond motifs is 1. The Kier molecular flexibility index (Phi) is 4.67. The average Bonchev–Trinajstić information content (AvgIpc) is 3.30. The highest BCUT2D eigenvalue weighted by Crippen LogP contribution is 2.43. The molecule has 0 bridgehead atoms. The molecule has 0 N–H and O–H groups in total. The average molecular weight is 454 g/mol. The second kappa shape index (κ2) is 7.20. The Hall–Kier alpha value is -3.12. The summed E-state index contributed by atoms with van der Waals surface area (Å²) >= 11 is 0. The van der Waals surface area contributed by atoms with Crippen LogP contribution in [-0.2, 0) is 12.7 Å². The molecule has 0 atom stereocenters. The lowest BCUT2D eigenvalue weighted by atomic mass is 9.79. The van der Waals surface area contributed by atoms with Crippen LogP contribution in [-0.4, -0.2) is 62.3 Å². The molecule has 2 saturated heterocycles. The first-order valence-corrected chi connectivity index (χ1v) is 10.0. The maximum absolute atomic E-state index is 13.1. The third-order valence-electron chi connectivity index (χ3n) is 5.90. The van der Waals surface area contributed by atoms with E-state index < -0.39 is 24.8 Å². The first kappa shape index (κ1) is 20.8. The summed E-state index contributed by atoms with van der Waals surface area (Å²) in [5, 5.41) is 3.92. The summed E-state index contributed by atoms with van der Waals surface area (Å²) in [5.74, 6) is 0.919. The third kappa shape index (κ3) is 3.69. The summed E-state index contributed by atoms with van der Waals surface area (Å²) in [6.45, 7) is 3.33. The van der Waals surface area contributed by atoms with Crippen molar-refractivity contribution in [2.75, 3.05) is 36.0 Å². The summed E-state index contributed by atoms with van der Waals surface area (Å²) in [6, 6.07) is 0.992. The first-order valence-electron chi connectivity index (χ1n) is 10.0. The molecule has 0 unspecified atom stereocenters.